The minimum absolute atomic E-state index is 0.212. The van der Waals surface area contributed by atoms with E-state index in [2.05, 4.69) is 14.6 Å². The van der Waals surface area contributed by atoms with E-state index in [0.29, 0.717) is 17.1 Å². The van der Waals surface area contributed by atoms with E-state index in [4.69, 9.17) is 5.73 Å². The maximum absolute atomic E-state index is 11.6. The molecule has 1 rings (SSSR count). The van der Waals surface area contributed by atoms with Crippen LogP contribution < -0.4 is 5.73 Å². The van der Waals surface area contributed by atoms with Crippen LogP contribution in [0.4, 0.5) is 18.9 Å². The molecule has 0 saturated heterocycles. The Morgan fingerprint density at radius 2 is 2.00 bits per heavy atom. The van der Waals surface area contributed by atoms with Crippen LogP contribution in [0.25, 0.3) is 0 Å². The molecule has 0 spiro atoms. The summed E-state index contributed by atoms with van der Waals surface area (Å²) < 4.78 is 44.3. The molecule has 0 radical (unpaired) electrons. The monoisotopic (exact) mass is 281 g/mol. The molecule has 0 aliphatic rings. The van der Waals surface area contributed by atoms with Crippen LogP contribution in [0.2, 0.25) is 0 Å². The fourth-order valence-corrected chi connectivity index (χ4v) is 1.35. The number of hydrogen-bond donors (Lipinski definition) is 1. The average molecular weight is 281 g/mol. The van der Waals surface area contributed by atoms with Gasteiger partial charge < -0.3 is 10.5 Å². The lowest BCUT2D eigenvalue weighted by Crippen LogP contribution is -2.21. The number of carbonyl (C=O) groups is 1. The highest BCUT2D eigenvalue weighted by molar-refractivity contribution is 5.69. The van der Waals surface area contributed by atoms with Gasteiger partial charge >= 0.3 is 12.3 Å². The first-order valence-corrected chi connectivity index (χ1v) is 5.36. The Morgan fingerprint density at radius 1 is 1.37 bits per heavy atom. The number of alkyl halides is 3. The topological polar surface area (TPSA) is 79.4 Å². The van der Waals surface area contributed by atoms with Gasteiger partial charge in [0.15, 0.2) is 0 Å². The largest absolute Gasteiger partial charge is 0.522 e. The molecule has 0 atom stereocenters. The molecule has 0 aromatic carbocycles. The second kappa shape index (κ2) is 5.91. The number of carbonyl (C=O) groups excluding carboxylic acids is 1. The van der Waals surface area contributed by atoms with Gasteiger partial charge in [-0.15, -0.1) is 13.2 Å². The second-order valence-corrected chi connectivity index (χ2v) is 3.76. The average Bonchev–Trinajstić information content (AvgIpc) is 2.51. The molecule has 1 aromatic rings. The van der Waals surface area contributed by atoms with E-state index in [1.807, 2.05) is 0 Å². The number of nitrogen functional groups attached to an aromatic ring is 1. The fourth-order valence-electron chi connectivity index (χ4n) is 1.35. The van der Waals surface area contributed by atoms with Gasteiger partial charge in [-0.3, -0.25) is 14.2 Å². The maximum atomic E-state index is 11.6. The highest BCUT2D eigenvalue weighted by atomic mass is 19.4. The normalized spacial score (nSPS) is 11.6. The Bertz CT molecular complexity index is 457. The van der Waals surface area contributed by atoms with Crippen molar-refractivity contribution in [3.05, 3.63) is 11.4 Å². The van der Waals surface area contributed by atoms with Crippen LogP contribution in [0, 0.1) is 13.8 Å². The van der Waals surface area contributed by atoms with Gasteiger partial charge in [0.25, 0.3) is 0 Å². The summed E-state index contributed by atoms with van der Waals surface area (Å²) >= 11 is 0. The number of anilines is 1. The van der Waals surface area contributed by atoms with Gasteiger partial charge in [-0.2, -0.15) is 5.10 Å². The van der Waals surface area contributed by atoms with Crippen molar-refractivity contribution in [1.82, 2.24) is 9.78 Å². The van der Waals surface area contributed by atoms with Crippen LogP contribution in [0.15, 0.2) is 0 Å². The minimum atomic E-state index is -4.73. The summed E-state index contributed by atoms with van der Waals surface area (Å²) in [6.45, 7) is 1.92. The molecule has 0 unspecified atom stereocenters. The van der Waals surface area contributed by atoms with Crippen molar-refractivity contribution in [3.63, 3.8) is 0 Å². The van der Waals surface area contributed by atoms with Gasteiger partial charge in [0.2, 0.25) is 0 Å². The number of nitrogens with two attached hydrogens (primary N) is 1. The summed E-state index contributed by atoms with van der Waals surface area (Å²) in [5.74, 6) is -0.712. The lowest BCUT2D eigenvalue weighted by atomic mass is 10.3. The van der Waals surface area contributed by atoms with E-state index < -0.39 is 25.5 Å². The van der Waals surface area contributed by atoms with E-state index in [1.165, 1.54) is 4.68 Å². The lowest BCUT2D eigenvalue weighted by Gasteiger charge is -2.08. The van der Waals surface area contributed by atoms with E-state index in [1.54, 1.807) is 13.8 Å². The summed E-state index contributed by atoms with van der Waals surface area (Å²) in [5.41, 5.74) is 7.31. The molecule has 6 nitrogen and oxygen atoms in total. The summed E-state index contributed by atoms with van der Waals surface area (Å²) in [6.07, 6.45) is -4.73. The lowest BCUT2D eigenvalue weighted by molar-refractivity contribution is -0.326. The summed E-state index contributed by atoms with van der Waals surface area (Å²) in [7, 11) is 0. The van der Waals surface area contributed by atoms with E-state index in [-0.39, 0.29) is 6.54 Å². The van der Waals surface area contributed by atoms with Gasteiger partial charge in [0.05, 0.1) is 23.7 Å². The Morgan fingerprint density at radius 3 is 2.47 bits per heavy atom. The van der Waals surface area contributed by atoms with Crippen molar-refractivity contribution in [2.24, 2.45) is 0 Å². The molecule has 108 valence electrons. The number of ether oxygens (including phenoxy) is 2. The molecule has 0 aliphatic carbocycles. The van der Waals surface area contributed by atoms with Gasteiger partial charge in [-0.25, -0.2) is 0 Å². The van der Waals surface area contributed by atoms with Crippen LogP contribution in [-0.2, 0) is 20.8 Å². The molecule has 0 saturated carbocycles. The maximum Gasteiger partial charge on any atom is 0.522 e. The highest BCUT2D eigenvalue weighted by Gasteiger charge is 2.28. The first-order valence-electron chi connectivity index (χ1n) is 5.36. The third-order valence-electron chi connectivity index (χ3n) is 2.33. The van der Waals surface area contributed by atoms with Gasteiger partial charge in [-0.05, 0) is 13.8 Å². The van der Waals surface area contributed by atoms with Crippen molar-refractivity contribution in [2.45, 2.75) is 26.8 Å². The van der Waals surface area contributed by atoms with Crippen LogP contribution in [-0.4, -0.2) is 35.3 Å². The number of aromatic nitrogens is 2. The predicted octanol–water partition coefficient (Wildman–Crippen LogP) is 1.16. The Hall–Kier alpha value is -1.77. The van der Waals surface area contributed by atoms with Crippen molar-refractivity contribution < 1.29 is 27.4 Å². The highest BCUT2D eigenvalue weighted by Crippen LogP contribution is 2.16. The molecule has 0 bridgehead atoms. The van der Waals surface area contributed by atoms with Crippen LogP contribution in [0.1, 0.15) is 11.4 Å². The van der Waals surface area contributed by atoms with Crippen LogP contribution in [0.5, 0.6) is 0 Å². The Balaban J connectivity index is 2.37. The third-order valence-corrected chi connectivity index (χ3v) is 2.33. The Labute approximate surface area is 107 Å². The van der Waals surface area contributed by atoms with Crippen molar-refractivity contribution in [3.8, 4) is 0 Å². The number of rotatable bonds is 5. The van der Waals surface area contributed by atoms with Crippen molar-refractivity contribution in [1.29, 1.82) is 0 Å². The van der Waals surface area contributed by atoms with Gasteiger partial charge in [-0.1, -0.05) is 0 Å². The third kappa shape index (κ3) is 4.78. The first kappa shape index (κ1) is 15.3. The number of halogens is 3. The number of hydrogen-bond acceptors (Lipinski definition) is 5. The van der Waals surface area contributed by atoms with Crippen molar-refractivity contribution >= 4 is 11.7 Å². The number of aryl methyl sites for hydroxylation is 1. The predicted molar refractivity (Wildman–Crippen MR) is 59.1 cm³/mol. The van der Waals surface area contributed by atoms with Gasteiger partial charge in [0.1, 0.15) is 13.2 Å². The fraction of sp³-hybridized carbons (Fsp3) is 0.600. The molecule has 0 amide bonds. The van der Waals surface area contributed by atoms with Gasteiger partial charge in [0, 0.05) is 0 Å². The molecular formula is C10H14F3N3O3. The molecular weight excluding hydrogens is 267 g/mol. The standard InChI is InChI=1S/C10H14F3N3O3/c1-6-9(14)7(2)16(15-6)5-8(17)18-3-4-19-10(11,12)13/h3-5,14H2,1-2H3. The molecule has 19 heavy (non-hydrogen) atoms. The molecule has 1 aromatic heterocycles. The van der Waals surface area contributed by atoms with Crippen LogP contribution in [0.3, 0.4) is 0 Å². The first-order chi connectivity index (χ1) is 8.70. The number of esters is 1. The Kier molecular flexibility index (Phi) is 4.76. The smallest absolute Gasteiger partial charge is 0.462 e. The van der Waals surface area contributed by atoms with Crippen LogP contribution >= 0.6 is 0 Å². The molecule has 0 fully saturated rings. The van der Waals surface area contributed by atoms with E-state index in [0.717, 1.165) is 0 Å². The minimum Gasteiger partial charge on any atom is -0.462 e. The SMILES string of the molecule is Cc1nn(CC(=O)OCCOC(F)(F)F)c(C)c1N. The quantitative estimate of drug-likeness (QED) is 0.647. The second-order valence-electron chi connectivity index (χ2n) is 3.76. The van der Waals surface area contributed by atoms with Crippen molar-refractivity contribution in [2.75, 3.05) is 18.9 Å². The summed E-state index contributed by atoms with van der Waals surface area (Å²) in [4.78, 5) is 11.3. The van der Waals surface area contributed by atoms with E-state index in [9.17, 15) is 18.0 Å². The van der Waals surface area contributed by atoms with E-state index >= 15 is 0 Å². The number of nitrogens with zero attached hydrogens (tertiary/aromatic N) is 2. The molecule has 1 heterocycles. The summed E-state index contributed by atoms with van der Waals surface area (Å²) in [5, 5.41) is 4.00. The molecule has 9 heteroatoms. The zero-order valence-corrected chi connectivity index (χ0v) is 10.5. The molecule has 2 N–H and O–H groups in total. The summed E-state index contributed by atoms with van der Waals surface area (Å²) in [6, 6.07) is 0. The molecule has 0 aliphatic heterocycles. The zero-order valence-electron chi connectivity index (χ0n) is 10.5. The zero-order chi connectivity index (χ0) is 14.6.